The van der Waals surface area contributed by atoms with E-state index >= 15 is 0 Å². The maximum absolute atomic E-state index is 10.3. The standard InChI is InChI=1S/C21H17NO2/c1-24-17-9-6-14(7-10-17)15-8-11-21(23)18(12-15)20-13-16-4-2-3-5-19(16)22-20/h2-13,22-23H,1H3. The first-order chi connectivity index (χ1) is 11.7. The maximum Gasteiger partial charge on any atom is 0.124 e. The van der Waals surface area contributed by atoms with E-state index in [1.807, 2.05) is 54.6 Å². The van der Waals surface area contributed by atoms with Crippen molar-refractivity contribution in [1.82, 2.24) is 4.98 Å². The van der Waals surface area contributed by atoms with Gasteiger partial charge in [-0.25, -0.2) is 0 Å². The van der Waals surface area contributed by atoms with Crippen LogP contribution in [0.4, 0.5) is 0 Å². The highest BCUT2D eigenvalue weighted by molar-refractivity contribution is 5.88. The van der Waals surface area contributed by atoms with Gasteiger partial charge in [0.2, 0.25) is 0 Å². The molecule has 24 heavy (non-hydrogen) atoms. The lowest BCUT2D eigenvalue weighted by molar-refractivity contribution is 0.415. The molecule has 1 heterocycles. The molecule has 0 atom stereocenters. The van der Waals surface area contributed by atoms with Gasteiger partial charge in [0.15, 0.2) is 0 Å². The topological polar surface area (TPSA) is 45.2 Å². The normalized spacial score (nSPS) is 10.9. The summed E-state index contributed by atoms with van der Waals surface area (Å²) in [5, 5.41) is 11.4. The number of H-pyrrole nitrogens is 1. The number of aromatic nitrogens is 1. The van der Waals surface area contributed by atoms with Crippen molar-refractivity contribution in [2.45, 2.75) is 0 Å². The summed E-state index contributed by atoms with van der Waals surface area (Å²) in [5.74, 6) is 1.09. The zero-order valence-electron chi connectivity index (χ0n) is 13.3. The van der Waals surface area contributed by atoms with Crippen LogP contribution in [0.1, 0.15) is 0 Å². The molecule has 0 aliphatic heterocycles. The van der Waals surface area contributed by atoms with Crippen molar-refractivity contribution in [1.29, 1.82) is 0 Å². The lowest BCUT2D eigenvalue weighted by atomic mass is 10.0. The van der Waals surface area contributed by atoms with Crippen LogP contribution in [0.25, 0.3) is 33.3 Å². The second-order valence-corrected chi connectivity index (χ2v) is 5.73. The van der Waals surface area contributed by atoms with Gasteiger partial charge in [-0.3, -0.25) is 0 Å². The Balaban J connectivity index is 1.80. The van der Waals surface area contributed by atoms with Crippen LogP contribution in [-0.4, -0.2) is 17.2 Å². The Morgan fingerprint density at radius 2 is 1.58 bits per heavy atom. The Bertz CT molecular complexity index is 967. The van der Waals surface area contributed by atoms with Crippen molar-refractivity contribution in [2.75, 3.05) is 7.11 Å². The first-order valence-corrected chi connectivity index (χ1v) is 7.80. The van der Waals surface area contributed by atoms with E-state index < -0.39 is 0 Å². The molecule has 1 aromatic heterocycles. The van der Waals surface area contributed by atoms with Gasteiger partial charge >= 0.3 is 0 Å². The van der Waals surface area contributed by atoms with Crippen LogP contribution < -0.4 is 4.74 Å². The second kappa shape index (κ2) is 5.78. The van der Waals surface area contributed by atoms with Crippen molar-refractivity contribution in [2.24, 2.45) is 0 Å². The zero-order valence-corrected chi connectivity index (χ0v) is 13.3. The number of nitrogens with one attached hydrogen (secondary N) is 1. The summed E-state index contributed by atoms with van der Waals surface area (Å²) >= 11 is 0. The average Bonchev–Trinajstić information content (AvgIpc) is 3.06. The number of rotatable bonds is 3. The SMILES string of the molecule is COc1ccc(-c2ccc(O)c(-c3cc4ccccc4[nH]3)c2)cc1. The molecule has 4 rings (SSSR count). The van der Waals surface area contributed by atoms with Crippen LogP contribution in [0, 0.1) is 0 Å². The Morgan fingerprint density at radius 3 is 2.33 bits per heavy atom. The van der Waals surface area contributed by atoms with Crippen molar-refractivity contribution in [3.8, 4) is 33.9 Å². The van der Waals surface area contributed by atoms with Crippen LogP contribution in [0.5, 0.6) is 11.5 Å². The Kier molecular flexibility index (Phi) is 3.47. The van der Waals surface area contributed by atoms with Gasteiger partial charge < -0.3 is 14.8 Å². The van der Waals surface area contributed by atoms with E-state index in [1.165, 1.54) is 0 Å². The fourth-order valence-electron chi connectivity index (χ4n) is 2.93. The molecule has 0 amide bonds. The molecule has 2 N–H and O–H groups in total. The number of benzene rings is 3. The van der Waals surface area contributed by atoms with Gasteiger partial charge in [-0.2, -0.15) is 0 Å². The molecule has 0 saturated carbocycles. The summed E-state index contributed by atoms with van der Waals surface area (Å²) in [7, 11) is 1.66. The molecule has 0 unspecified atom stereocenters. The number of aromatic amines is 1. The molecule has 0 fully saturated rings. The molecule has 0 saturated heterocycles. The summed E-state index contributed by atoms with van der Waals surface area (Å²) < 4.78 is 5.21. The Hall–Kier alpha value is -3.20. The summed E-state index contributed by atoms with van der Waals surface area (Å²) in [5.41, 5.74) is 4.88. The van der Waals surface area contributed by atoms with Crippen LogP contribution in [0.15, 0.2) is 72.8 Å². The largest absolute Gasteiger partial charge is 0.507 e. The van der Waals surface area contributed by atoms with Crippen molar-refractivity contribution < 1.29 is 9.84 Å². The maximum atomic E-state index is 10.3. The number of phenols is 1. The summed E-state index contributed by atoms with van der Waals surface area (Å²) in [6.07, 6.45) is 0. The lowest BCUT2D eigenvalue weighted by Gasteiger charge is -2.08. The first kappa shape index (κ1) is 14.4. The third-order valence-corrected chi connectivity index (χ3v) is 4.24. The van der Waals surface area contributed by atoms with Crippen LogP contribution in [-0.2, 0) is 0 Å². The van der Waals surface area contributed by atoms with E-state index in [1.54, 1.807) is 13.2 Å². The summed E-state index contributed by atoms with van der Waals surface area (Å²) in [6, 6.07) is 23.7. The molecule has 3 heteroatoms. The third kappa shape index (κ3) is 2.50. The van der Waals surface area contributed by atoms with Gasteiger partial charge in [0.1, 0.15) is 11.5 Å². The molecule has 4 aromatic rings. The number of phenolic OH excluding ortho intramolecular Hbond substituents is 1. The molecule has 3 aromatic carbocycles. The Labute approximate surface area is 140 Å². The second-order valence-electron chi connectivity index (χ2n) is 5.73. The van der Waals surface area contributed by atoms with Crippen LogP contribution in [0.3, 0.4) is 0 Å². The van der Waals surface area contributed by atoms with E-state index in [0.717, 1.165) is 39.0 Å². The number of ether oxygens (including phenoxy) is 1. The van der Waals surface area contributed by atoms with Crippen molar-refractivity contribution >= 4 is 10.9 Å². The fraction of sp³-hybridized carbons (Fsp3) is 0.0476. The van der Waals surface area contributed by atoms with E-state index in [9.17, 15) is 5.11 Å². The molecule has 0 bridgehead atoms. The average molecular weight is 315 g/mol. The fourth-order valence-corrected chi connectivity index (χ4v) is 2.93. The summed E-state index contributed by atoms with van der Waals surface area (Å²) in [4.78, 5) is 3.37. The minimum Gasteiger partial charge on any atom is -0.507 e. The van der Waals surface area contributed by atoms with Crippen molar-refractivity contribution in [3.05, 3.63) is 72.8 Å². The van der Waals surface area contributed by atoms with Gasteiger partial charge in [0.05, 0.1) is 12.8 Å². The molecule has 0 aliphatic rings. The first-order valence-electron chi connectivity index (χ1n) is 7.80. The molecule has 0 radical (unpaired) electrons. The highest BCUT2D eigenvalue weighted by Gasteiger charge is 2.10. The molecular formula is C21H17NO2. The third-order valence-electron chi connectivity index (χ3n) is 4.24. The number of hydrogen-bond acceptors (Lipinski definition) is 2. The van der Waals surface area contributed by atoms with E-state index in [-0.39, 0.29) is 5.75 Å². The predicted molar refractivity (Wildman–Crippen MR) is 97.4 cm³/mol. The zero-order chi connectivity index (χ0) is 16.5. The predicted octanol–water partition coefficient (Wildman–Crippen LogP) is 5.22. The molecular weight excluding hydrogens is 298 g/mol. The lowest BCUT2D eigenvalue weighted by Crippen LogP contribution is -1.85. The molecule has 118 valence electrons. The molecule has 0 spiro atoms. The smallest absolute Gasteiger partial charge is 0.124 e. The number of fused-ring (bicyclic) bond motifs is 1. The van der Waals surface area contributed by atoms with E-state index in [4.69, 9.17) is 4.74 Å². The quantitative estimate of drug-likeness (QED) is 0.544. The number of aromatic hydroxyl groups is 1. The monoisotopic (exact) mass is 315 g/mol. The number of methoxy groups -OCH3 is 1. The minimum atomic E-state index is 0.263. The molecule has 0 aliphatic carbocycles. The van der Waals surface area contributed by atoms with Crippen LogP contribution >= 0.6 is 0 Å². The minimum absolute atomic E-state index is 0.263. The molecule has 3 nitrogen and oxygen atoms in total. The Morgan fingerprint density at radius 1 is 0.833 bits per heavy atom. The number of para-hydroxylation sites is 1. The summed E-state index contributed by atoms with van der Waals surface area (Å²) in [6.45, 7) is 0. The van der Waals surface area contributed by atoms with Crippen LogP contribution in [0.2, 0.25) is 0 Å². The highest BCUT2D eigenvalue weighted by atomic mass is 16.5. The van der Waals surface area contributed by atoms with E-state index in [0.29, 0.717) is 0 Å². The van der Waals surface area contributed by atoms with Gasteiger partial charge in [-0.15, -0.1) is 0 Å². The number of hydrogen-bond donors (Lipinski definition) is 2. The van der Waals surface area contributed by atoms with Gasteiger partial charge in [0, 0.05) is 16.5 Å². The van der Waals surface area contributed by atoms with E-state index in [2.05, 4.69) is 17.1 Å². The van der Waals surface area contributed by atoms with Gasteiger partial charge in [-0.1, -0.05) is 36.4 Å². The van der Waals surface area contributed by atoms with Crippen molar-refractivity contribution in [3.63, 3.8) is 0 Å². The van der Waals surface area contributed by atoms with Gasteiger partial charge in [0.25, 0.3) is 0 Å². The van der Waals surface area contributed by atoms with Gasteiger partial charge in [-0.05, 0) is 47.5 Å². The highest BCUT2D eigenvalue weighted by Crippen LogP contribution is 2.35.